The molecule has 0 spiro atoms. The topological polar surface area (TPSA) is 38.5 Å². The van der Waals surface area contributed by atoms with Crippen molar-refractivity contribution < 1.29 is 4.74 Å². The third kappa shape index (κ3) is 2.71. The van der Waals surface area contributed by atoms with Crippen molar-refractivity contribution in [2.75, 3.05) is 20.2 Å². The monoisotopic (exact) mass is 214 g/mol. The first-order valence-corrected chi connectivity index (χ1v) is 6.10. The van der Waals surface area contributed by atoms with Crippen LogP contribution in [0.15, 0.2) is 0 Å². The van der Waals surface area contributed by atoms with Crippen LogP contribution in [0.5, 0.6) is 0 Å². The molecule has 2 atom stereocenters. The molecular weight excluding hydrogens is 188 g/mol. The number of likely N-dealkylation sites (N-methyl/N-ethyl adjacent to an activating group) is 1. The van der Waals surface area contributed by atoms with E-state index >= 15 is 0 Å². The Morgan fingerprint density at radius 1 is 1.53 bits per heavy atom. The van der Waals surface area contributed by atoms with E-state index in [2.05, 4.69) is 32.7 Å². The molecule has 3 heteroatoms. The van der Waals surface area contributed by atoms with Gasteiger partial charge in [-0.3, -0.25) is 4.90 Å². The van der Waals surface area contributed by atoms with E-state index in [0.29, 0.717) is 12.1 Å². The summed E-state index contributed by atoms with van der Waals surface area (Å²) < 4.78 is 5.73. The molecule has 0 aromatic heterocycles. The highest BCUT2D eigenvalue weighted by Gasteiger charge is 2.39. The molecular formula is C12H26N2O. The largest absolute Gasteiger partial charge is 0.378 e. The van der Waals surface area contributed by atoms with Crippen LogP contribution in [0, 0.1) is 0 Å². The summed E-state index contributed by atoms with van der Waals surface area (Å²) in [5, 5.41) is 0. The van der Waals surface area contributed by atoms with Crippen molar-refractivity contribution in [1.29, 1.82) is 0 Å². The minimum atomic E-state index is 0.160. The molecule has 3 nitrogen and oxygen atoms in total. The van der Waals surface area contributed by atoms with Gasteiger partial charge < -0.3 is 10.5 Å². The standard InChI is InChI=1S/C12H26N2O/c1-5-11-8-12(9-13,6-7-15-11)14(4)10(2)3/h10-11H,5-9,13H2,1-4H3. The Bertz CT molecular complexity index is 196. The third-order valence-electron chi connectivity index (χ3n) is 3.89. The lowest BCUT2D eigenvalue weighted by molar-refractivity contribution is -0.0724. The molecule has 90 valence electrons. The van der Waals surface area contributed by atoms with Crippen molar-refractivity contribution in [2.45, 2.75) is 57.7 Å². The lowest BCUT2D eigenvalue weighted by Gasteiger charge is -2.48. The average molecular weight is 214 g/mol. The highest BCUT2D eigenvalue weighted by molar-refractivity contribution is 4.96. The molecule has 0 amide bonds. The molecule has 0 aromatic rings. The molecule has 1 aliphatic rings. The van der Waals surface area contributed by atoms with Crippen molar-refractivity contribution in [3.05, 3.63) is 0 Å². The lowest BCUT2D eigenvalue weighted by atomic mass is 9.83. The van der Waals surface area contributed by atoms with Crippen LogP contribution in [0.3, 0.4) is 0 Å². The maximum absolute atomic E-state index is 6.00. The Hall–Kier alpha value is -0.120. The lowest BCUT2D eigenvalue weighted by Crippen LogP contribution is -2.59. The number of hydrogen-bond donors (Lipinski definition) is 1. The van der Waals surface area contributed by atoms with Gasteiger partial charge >= 0.3 is 0 Å². The summed E-state index contributed by atoms with van der Waals surface area (Å²) in [5.41, 5.74) is 6.16. The quantitative estimate of drug-likeness (QED) is 0.773. The predicted octanol–water partition coefficient (Wildman–Crippen LogP) is 1.61. The normalized spacial score (nSPS) is 32.6. The van der Waals surface area contributed by atoms with Crippen molar-refractivity contribution in [3.63, 3.8) is 0 Å². The second kappa shape index (κ2) is 5.28. The third-order valence-corrected chi connectivity index (χ3v) is 3.89. The van der Waals surface area contributed by atoms with Crippen LogP contribution >= 0.6 is 0 Å². The minimum Gasteiger partial charge on any atom is -0.378 e. The molecule has 1 fully saturated rings. The number of hydrogen-bond acceptors (Lipinski definition) is 3. The van der Waals surface area contributed by atoms with Gasteiger partial charge in [0, 0.05) is 24.7 Å². The highest BCUT2D eigenvalue weighted by atomic mass is 16.5. The zero-order valence-electron chi connectivity index (χ0n) is 10.6. The number of nitrogens with zero attached hydrogens (tertiary/aromatic N) is 1. The van der Waals surface area contributed by atoms with Gasteiger partial charge in [0.25, 0.3) is 0 Å². The van der Waals surface area contributed by atoms with Gasteiger partial charge in [0.15, 0.2) is 0 Å². The molecule has 1 heterocycles. The van der Waals surface area contributed by atoms with E-state index in [4.69, 9.17) is 10.5 Å². The fraction of sp³-hybridized carbons (Fsp3) is 1.00. The van der Waals surface area contributed by atoms with Crippen LogP contribution in [0.1, 0.15) is 40.0 Å². The van der Waals surface area contributed by atoms with Crippen LogP contribution in [0.4, 0.5) is 0 Å². The van der Waals surface area contributed by atoms with Gasteiger partial charge in [-0.2, -0.15) is 0 Å². The molecule has 15 heavy (non-hydrogen) atoms. The second-order valence-corrected chi connectivity index (χ2v) is 4.99. The summed E-state index contributed by atoms with van der Waals surface area (Å²) in [7, 11) is 2.19. The fourth-order valence-electron chi connectivity index (χ4n) is 2.46. The second-order valence-electron chi connectivity index (χ2n) is 4.99. The van der Waals surface area contributed by atoms with Crippen LogP contribution < -0.4 is 5.73 Å². The molecule has 0 saturated carbocycles. The van der Waals surface area contributed by atoms with Gasteiger partial charge in [-0.1, -0.05) is 6.92 Å². The Labute approximate surface area is 94.0 Å². The van der Waals surface area contributed by atoms with Gasteiger partial charge in [0.05, 0.1) is 6.10 Å². The number of nitrogens with two attached hydrogens (primary N) is 1. The molecule has 2 N–H and O–H groups in total. The van der Waals surface area contributed by atoms with Gasteiger partial charge in [0.1, 0.15) is 0 Å². The zero-order chi connectivity index (χ0) is 11.5. The van der Waals surface area contributed by atoms with Crippen LogP contribution in [-0.2, 0) is 4.74 Å². The summed E-state index contributed by atoms with van der Waals surface area (Å²) in [4.78, 5) is 2.43. The van der Waals surface area contributed by atoms with Crippen molar-refractivity contribution >= 4 is 0 Å². The van der Waals surface area contributed by atoms with Crippen molar-refractivity contribution in [1.82, 2.24) is 4.90 Å². The first kappa shape index (κ1) is 12.9. The SMILES string of the molecule is CCC1CC(CN)(N(C)C(C)C)CCO1. The molecule has 1 saturated heterocycles. The molecule has 0 aliphatic carbocycles. The molecule has 0 aromatic carbocycles. The van der Waals surface area contributed by atoms with E-state index in [-0.39, 0.29) is 5.54 Å². The van der Waals surface area contributed by atoms with E-state index < -0.39 is 0 Å². The Balaban J connectivity index is 2.74. The van der Waals surface area contributed by atoms with E-state index in [1.165, 1.54) is 0 Å². The van der Waals surface area contributed by atoms with E-state index in [9.17, 15) is 0 Å². The summed E-state index contributed by atoms with van der Waals surface area (Å²) in [6.45, 7) is 8.24. The average Bonchev–Trinajstić information content (AvgIpc) is 2.27. The first-order chi connectivity index (χ1) is 7.05. The summed E-state index contributed by atoms with van der Waals surface area (Å²) in [5.74, 6) is 0. The van der Waals surface area contributed by atoms with Crippen LogP contribution in [-0.4, -0.2) is 42.8 Å². The summed E-state index contributed by atoms with van der Waals surface area (Å²) in [6.07, 6.45) is 3.63. The van der Waals surface area contributed by atoms with E-state index in [0.717, 1.165) is 32.4 Å². The molecule has 2 unspecified atom stereocenters. The zero-order valence-corrected chi connectivity index (χ0v) is 10.6. The molecule has 0 bridgehead atoms. The van der Waals surface area contributed by atoms with Gasteiger partial charge in [-0.15, -0.1) is 0 Å². The number of ether oxygens (including phenoxy) is 1. The van der Waals surface area contributed by atoms with Gasteiger partial charge in [-0.05, 0) is 40.2 Å². The van der Waals surface area contributed by atoms with Crippen LogP contribution in [0.25, 0.3) is 0 Å². The van der Waals surface area contributed by atoms with Crippen LogP contribution in [0.2, 0.25) is 0 Å². The maximum Gasteiger partial charge on any atom is 0.0590 e. The minimum absolute atomic E-state index is 0.160. The van der Waals surface area contributed by atoms with Crippen molar-refractivity contribution in [3.8, 4) is 0 Å². The maximum atomic E-state index is 6.00. The summed E-state index contributed by atoms with van der Waals surface area (Å²) in [6, 6.07) is 0.546. The summed E-state index contributed by atoms with van der Waals surface area (Å²) >= 11 is 0. The first-order valence-electron chi connectivity index (χ1n) is 6.10. The van der Waals surface area contributed by atoms with E-state index in [1.807, 2.05) is 0 Å². The highest BCUT2D eigenvalue weighted by Crippen LogP contribution is 2.31. The predicted molar refractivity (Wildman–Crippen MR) is 63.9 cm³/mol. The van der Waals surface area contributed by atoms with E-state index in [1.54, 1.807) is 0 Å². The Morgan fingerprint density at radius 3 is 2.67 bits per heavy atom. The van der Waals surface area contributed by atoms with Gasteiger partial charge in [-0.25, -0.2) is 0 Å². The molecule has 1 rings (SSSR count). The van der Waals surface area contributed by atoms with Gasteiger partial charge in [0.2, 0.25) is 0 Å². The molecule has 1 aliphatic heterocycles. The smallest absolute Gasteiger partial charge is 0.0590 e. The Kier molecular flexibility index (Phi) is 4.56. The Morgan fingerprint density at radius 2 is 2.20 bits per heavy atom. The molecule has 0 radical (unpaired) electrons. The van der Waals surface area contributed by atoms with Crippen molar-refractivity contribution in [2.24, 2.45) is 5.73 Å². The number of rotatable bonds is 4. The fourth-order valence-corrected chi connectivity index (χ4v) is 2.46.